The van der Waals surface area contributed by atoms with Crippen LogP contribution in [0.25, 0.3) is 0 Å². The number of methoxy groups -OCH3 is 1. The van der Waals surface area contributed by atoms with Crippen molar-refractivity contribution in [2.45, 2.75) is 19.3 Å². The summed E-state index contributed by atoms with van der Waals surface area (Å²) in [6.07, 6.45) is 3.32. The highest BCUT2D eigenvalue weighted by Crippen LogP contribution is 2.36. The molecule has 1 aromatic carbocycles. The third kappa shape index (κ3) is 3.70. The molecule has 1 aromatic rings. The van der Waals surface area contributed by atoms with Crippen molar-refractivity contribution in [3.63, 3.8) is 0 Å². The van der Waals surface area contributed by atoms with Crippen LogP contribution in [0.2, 0.25) is 0 Å². The van der Waals surface area contributed by atoms with Crippen molar-refractivity contribution in [2.24, 2.45) is 5.41 Å². The Kier molecular flexibility index (Phi) is 5.04. The predicted octanol–water partition coefficient (Wildman–Crippen LogP) is 1.03. The van der Waals surface area contributed by atoms with E-state index in [9.17, 15) is 9.59 Å². The molecule has 0 bridgehead atoms. The Hall–Kier alpha value is -2.08. The highest BCUT2D eigenvalue weighted by atomic mass is 16.5. The summed E-state index contributed by atoms with van der Waals surface area (Å²) in [5.41, 5.74) is 0.918. The Morgan fingerprint density at radius 3 is 2.50 bits per heavy atom. The van der Waals surface area contributed by atoms with Gasteiger partial charge in [0.05, 0.1) is 13.7 Å². The van der Waals surface area contributed by atoms with Gasteiger partial charge in [0, 0.05) is 25.2 Å². The fraction of sp³-hybridized carbons (Fsp3) is 0.556. The average molecular weight is 331 g/mol. The number of nitrogens with zero attached hydrogens (tertiary/aromatic N) is 1. The normalized spacial score (nSPS) is 19.3. The molecule has 2 N–H and O–H groups in total. The molecular weight excluding hydrogens is 306 g/mol. The van der Waals surface area contributed by atoms with Gasteiger partial charge in [-0.3, -0.25) is 9.59 Å². The minimum atomic E-state index is -0.237. The summed E-state index contributed by atoms with van der Waals surface area (Å²) in [6, 6.07) is 6.85. The van der Waals surface area contributed by atoms with Crippen molar-refractivity contribution in [2.75, 3.05) is 39.8 Å². The molecule has 2 aliphatic heterocycles. The number of ether oxygens (including phenoxy) is 1. The molecule has 24 heavy (non-hydrogen) atoms. The number of likely N-dealkylation sites (tertiary alicyclic amines) is 1. The largest absolute Gasteiger partial charge is 0.497 e. The lowest BCUT2D eigenvalue weighted by Crippen LogP contribution is -2.47. The smallest absolute Gasteiger partial charge is 0.251 e. The maximum atomic E-state index is 12.3. The average Bonchev–Trinajstić information content (AvgIpc) is 3.08. The predicted molar refractivity (Wildman–Crippen MR) is 91.1 cm³/mol. The van der Waals surface area contributed by atoms with E-state index in [1.165, 1.54) is 6.42 Å². The summed E-state index contributed by atoms with van der Waals surface area (Å²) < 4.78 is 5.07. The van der Waals surface area contributed by atoms with Gasteiger partial charge in [0.2, 0.25) is 5.91 Å². The van der Waals surface area contributed by atoms with Crippen molar-refractivity contribution in [3.8, 4) is 5.75 Å². The third-order valence-electron chi connectivity index (χ3n) is 5.26. The molecule has 0 aromatic heterocycles. The van der Waals surface area contributed by atoms with Gasteiger partial charge in [-0.15, -0.1) is 0 Å². The van der Waals surface area contributed by atoms with Crippen LogP contribution in [0.4, 0.5) is 0 Å². The fourth-order valence-electron chi connectivity index (χ4n) is 3.56. The molecular formula is C18H25N3O3. The molecule has 0 atom stereocenters. The minimum Gasteiger partial charge on any atom is -0.497 e. The van der Waals surface area contributed by atoms with Crippen LogP contribution in [0, 0.1) is 5.41 Å². The zero-order valence-electron chi connectivity index (χ0n) is 14.1. The highest BCUT2D eigenvalue weighted by molar-refractivity contribution is 5.96. The van der Waals surface area contributed by atoms with Crippen LogP contribution in [-0.2, 0) is 4.79 Å². The molecule has 2 fully saturated rings. The Balaban J connectivity index is 1.46. The lowest BCUT2D eigenvalue weighted by molar-refractivity contribution is -0.132. The monoisotopic (exact) mass is 331 g/mol. The third-order valence-corrected chi connectivity index (χ3v) is 5.26. The molecule has 6 heteroatoms. The number of benzene rings is 1. The number of hydrogen-bond acceptors (Lipinski definition) is 4. The molecule has 2 amide bonds. The molecule has 3 rings (SSSR count). The second kappa shape index (κ2) is 7.21. The van der Waals surface area contributed by atoms with E-state index in [0.717, 1.165) is 39.0 Å². The van der Waals surface area contributed by atoms with E-state index in [0.29, 0.717) is 16.7 Å². The first kappa shape index (κ1) is 16.8. The van der Waals surface area contributed by atoms with Crippen LogP contribution in [0.3, 0.4) is 0 Å². The van der Waals surface area contributed by atoms with Crippen molar-refractivity contribution < 1.29 is 14.3 Å². The maximum absolute atomic E-state index is 12.3. The summed E-state index contributed by atoms with van der Waals surface area (Å²) in [4.78, 5) is 26.3. The molecule has 1 spiro atoms. The molecule has 0 radical (unpaired) electrons. The lowest BCUT2D eigenvalue weighted by Gasteiger charge is -2.38. The van der Waals surface area contributed by atoms with E-state index in [1.807, 2.05) is 4.90 Å². The number of hydrogen-bond donors (Lipinski definition) is 2. The number of carbonyl (C=O) groups excluding carboxylic acids is 2. The Morgan fingerprint density at radius 1 is 1.21 bits per heavy atom. The van der Waals surface area contributed by atoms with Crippen LogP contribution in [0.1, 0.15) is 29.6 Å². The first-order valence-corrected chi connectivity index (χ1v) is 8.53. The molecule has 0 unspecified atom stereocenters. The molecule has 0 saturated carbocycles. The van der Waals surface area contributed by atoms with Crippen LogP contribution < -0.4 is 15.4 Å². The van der Waals surface area contributed by atoms with E-state index < -0.39 is 0 Å². The Bertz CT molecular complexity index is 584. The zero-order valence-corrected chi connectivity index (χ0v) is 14.1. The van der Waals surface area contributed by atoms with Gasteiger partial charge in [-0.25, -0.2) is 0 Å². The number of rotatable bonds is 4. The number of piperidine rings is 1. The van der Waals surface area contributed by atoms with E-state index in [2.05, 4.69) is 10.6 Å². The molecule has 2 aliphatic rings. The standard InChI is InChI=1S/C18H25N3O3/c1-24-15-4-2-14(3-5-15)17(23)20-12-16(22)21-10-7-18(8-11-21)6-9-19-13-18/h2-5,19H,6-13H2,1H3,(H,20,23). The number of nitrogens with one attached hydrogen (secondary N) is 2. The van der Waals surface area contributed by atoms with Crippen LogP contribution in [0.15, 0.2) is 24.3 Å². The van der Waals surface area contributed by atoms with Gasteiger partial charge in [0.15, 0.2) is 0 Å². The van der Waals surface area contributed by atoms with Gasteiger partial charge in [-0.1, -0.05) is 0 Å². The summed E-state index contributed by atoms with van der Waals surface area (Å²) in [5.74, 6) is 0.461. The van der Waals surface area contributed by atoms with E-state index in [1.54, 1.807) is 31.4 Å². The van der Waals surface area contributed by atoms with Gasteiger partial charge >= 0.3 is 0 Å². The number of carbonyl (C=O) groups is 2. The van der Waals surface area contributed by atoms with Crippen LogP contribution in [0.5, 0.6) is 5.75 Å². The first-order chi connectivity index (χ1) is 11.6. The van der Waals surface area contributed by atoms with Crippen LogP contribution in [-0.4, -0.2) is 56.5 Å². The Morgan fingerprint density at radius 2 is 1.92 bits per heavy atom. The molecule has 2 heterocycles. The summed E-state index contributed by atoms with van der Waals surface area (Å²) >= 11 is 0. The van der Waals surface area contributed by atoms with Gasteiger partial charge in [-0.05, 0) is 55.5 Å². The summed E-state index contributed by atoms with van der Waals surface area (Å²) in [6.45, 7) is 3.79. The van der Waals surface area contributed by atoms with Crippen molar-refractivity contribution in [3.05, 3.63) is 29.8 Å². The summed E-state index contributed by atoms with van der Waals surface area (Å²) in [7, 11) is 1.58. The number of amides is 2. The van der Waals surface area contributed by atoms with Gasteiger partial charge in [0.1, 0.15) is 5.75 Å². The topological polar surface area (TPSA) is 70.7 Å². The van der Waals surface area contributed by atoms with Crippen LogP contribution >= 0.6 is 0 Å². The summed E-state index contributed by atoms with van der Waals surface area (Å²) in [5, 5.41) is 6.14. The van der Waals surface area contributed by atoms with Crippen molar-refractivity contribution >= 4 is 11.8 Å². The maximum Gasteiger partial charge on any atom is 0.251 e. The van der Waals surface area contributed by atoms with E-state index >= 15 is 0 Å². The van der Waals surface area contributed by atoms with Crippen molar-refractivity contribution in [1.82, 2.24) is 15.5 Å². The fourth-order valence-corrected chi connectivity index (χ4v) is 3.56. The highest BCUT2D eigenvalue weighted by Gasteiger charge is 2.37. The van der Waals surface area contributed by atoms with E-state index in [-0.39, 0.29) is 18.4 Å². The van der Waals surface area contributed by atoms with E-state index in [4.69, 9.17) is 4.74 Å². The molecule has 130 valence electrons. The second-order valence-corrected chi connectivity index (χ2v) is 6.72. The Labute approximate surface area is 142 Å². The van der Waals surface area contributed by atoms with Crippen molar-refractivity contribution in [1.29, 1.82) is 0 Å². The molecule has 2 saturated heterocycles. The SMILES string of the molecule is COc1ccc(C(=O)NCC(=O)N2CCC3(CCNC3)CC2)cc1. The lowest BCUT2D eigenvalue weighted by atomic mass is 9.78. The zero-order chi connectivity index (χ0) is 17.0. The minimum absolute atomic E-state index is 0.00216. The quantitative estimate of drug-likeness (QED) is 0.864. The van der Waals surface area contributed by atoms with Gasteiger partial charge < -0.3 is 20.3 Å². The second-order valence-electron chi connectivity index (χ2n) is 6.72. The molecule has 6 nitrogen and oxygen atoms in total. The van der Waals surface area contributed by atoms with Gasteiger partial charge in [-0.2, -0.15) is 0 Å². The first-order valence-electron chi connectivity index (χ1n) is 8.53. The van der Waals surface area contributed by atoms with Gasteiger partial charge in [0.25, 0.3) is 5.91 Å². The molecule has 0 aliphatic carbocycles.